The summed E-state index contributed by atoms with van der Waals surface area (Å²) in [6, 6.07) is 24.7. The lowest BCUT2D eigenvalue weighted by atomic mass is 10.0. The third kappa shape index (κ3) is 3.04. The minimum absolute atomic E-state index is 0.169. The van der Waals surface area contributed by atoms with Crippen LogP contribution in [0.1, 0.15) is 17.4 Å². The highest BCUT2D eigenvalue weighted by Crippen LogP contribution is 2.30. The Morgan fingerprint density at radius 2 is 1.71 bits per heavy atom. The molecule has 5 rings (SSSR count). The number of nitrogens with zero attached hydrogens (tertiary/aromatic N) is 2. The zero-order valence-electron chi connectivity index (χ0n) is 15.3. The summed E-state index contributed by atoms with van der Waals surface area (Å²) >= 11 is 0. The predicted molar refractivity (Wildman–Crippen MR) is 114 cm³/mol. The Balaban J connectivity index is 1.52. The van der Waals surface area contributed by atoms with E-state index in [0.717, 1.165) is 39.8 Å². The fourth-order valence-electron chi connectivity index (χ4n) is 3.68. The van der Waals surface area contributed by atoms with Crippen molar-refractivity contribution in [3.8, 4) is 11.1 Å². The summed E-state index contributed by atoms with van der Waals surface area (Å²) in [6.07, 6.45) is 4.57. The lowest BCUT2D eigenvalue weighted by molar-refractivity contribution is 0.680. The largest absolute Gasteiger partial charge is 0.341 e. The molecule has 28 heavy (non-hydrogen) atoms. The number of rotatable bonds is 4. The summed E-state index contributed by atoms with van der Waals surface area (Å²) in [4.78, 5) is 12.5. The third-order valence-electron chi connectivity index (χ3n) is 5.13. The van der Waals surface area contributed by atoms with E-state index in [-0.39, 0.29) is 6.04 Å². The Labute approximate surface area is 163 Å². The second-order valence-electron chi connectivity index (χ2n) is 7.06. The number of hydrogen-bond donors (Lipinski definition) is 2. The molecule has 0 aliphatic carbocycles. The van der Waals surface area contributed by atoms with Crippen molar-refractivity contribution in [3.05, 3.63) is 96.6 Å². The maximum atomic E-state index is 6.41. The van der Waals surface area contributed by atoms with E-state index in [1.165, 1.54) is 10.9 Å². The van der Waals surface area contributed by atoms with E-state index in [2.05, 4.69) is 52.4 Å². The van der Waals surface area contributed by atoms with Crippen LogP contribution in [0.15, 0.2) is 85.2 Å². The Morgan fingerprint density at radius 1 is 0.893 bits per heavy atom. The summed E-state index contributed by atoms with van der Waals surface area (Å²) in [7, 11) is 0. The van der Waals surface area contributed by atoms with Crippen molar-refractivity contribution in [1.82, 2.24) is 15.0 Å². The molecule has 0 amide bonds. The summed E-state index contributed by atoms with van der Waals surface area (Å²) < 4.78 is 0. The Kier molecular flexibility index (Phi) is 4.11. The van der Waals surface area contributed by atoms with Crippen molar-refractivity contribution in [1.29, 1.82) is 0 Å². The van der Waals surface area contributed by atoms with E-state index >= 15 is 0 Å². The van der Waals surface area contributed by atoms with Gasteiger partial charge in [0.25, 0.3) is 0 Å². The number of aromatic amines is 1. The van der Waals surface area contributed by atoms with Gasteiger partial charge in [0.2, 0.25) is 0 Å². The maximum absolute atomic E-state index is 6.41. The summed E-state index contributed by atoms with van der Waals surface area (Å²) in [5, 5.41) is 2.33. The first kappa shape index (κ1) is 16.7. The average molecular weight is 364 g/mol. The first-order valence-electron chi connectivity index (χ1n) is 9.40. The lowest BCUT2D eigenvalue weighted by Crippen LogP contribution is -2.14. The predicted octanol–water partition coefficient (Wildman–Crippen LogP) is 5.02. The number of H-pyrrole nitrogens is 1. The fraction of sp³-hybridized carbons (Fsp3) is 0.0833. The maximum Gasteiger partial charge on any atom is 0.124 e. The van der Waals surface area contributed by atoms with Gasteiger partial charge in [0.15, 0.2) is 0 Å². The van der Waals surface area contributed by atoms with Gasteiger partial charge in [-0.25, -0.2) is 4.98 Å². The van der Waals surface area contributed by atoms with Gasteiger partial charge in [-0.1, -0.05) is 60.7 Å². The molecule has 3 N–H and O–H groups in total. The van der Waals surface area contributed by atoms with Gasteiger partial charge in [0.1, 0.15) is 5.82 Å². The number of fused-ring (bicyclic) bond motifs is 2. The molecule has 1 unspecified atom stereocenters. The molecule has 136 valence electrons. The van der Waals surface area contributed by atoms with E-state index in [4.69, 9.17) is 10.7 Å². The van der Waals surface area contributed by atoms with E-state index in [1.807, 2.05) is 42.7 Å². The highest BCUT2D eigenvalue weighted by molar-refractivity contribution is 5.97. The molecular formula is C24H20N4. The Bertz CT molecular complexity index is 1250. The van der Waals surface area contributed by atoms with Gasteiger partial charge in [-0.15, -0.1) is 0 Å². The van der Waals surface area contributed by atoms with Crippen LogP contribution in [-0.4, -0.2) is 15.0 Å². The highest BCUT2D eigenvalue weighted by atomic mass is 15.0. The molecule has 0 bridgehead atoms. The van der Waals surface area contributed by atoms with E-state index in [9.17, 15) is 0 Å². The van der Waals surface area contributed by atoms with Crippen LogP contribution in [0.5, 0.6) is 0 Å². The average Bonchev–Trinajstić information content (AvgIpc) is 3.18. The molecule has 4 heteroatoms. The van der Waals surface area contributed by atoms with Crippen molar-refractivity contribution in [2.75, 3.05) is 0 Å². The van der Waals surface area contributed by atoms with Gasteiger partial charge in [-0.2, -0.15) is 0 Å². The van der Waals surface area contributed by atoms with Gasteiger partial charge < -0.3 is 10.7 Å². The van der Waals surface area contributed by atoms with Gasteiger partial charge in [-0.3, -0.25) is 4.98 Å². The second kappa shape index (κ2) is 6.91. The number of imidazole rings is 1. The minimum Gasteiger partial charge on any atom is -0.341 e. The van der Waals surface area contributed by atoms with Gasteiger partial charge in [0, 0.05) is 23.3 Å². The smallest absolute Gasteiger partial charge is 0.124 e. The minimum atomic E-state index is -0.169. The summed E-state index contributed by atoms with van der Waals surface area (Å²) in [6.45, 7) is 0. The molecule has 0 saturated heterocycles. The number of pyridine rings is 1. The molecule has 2 heterocycles. The zero-order chi connectivity index (χ0) is 18.9. The highest BCUT2D eigenvalue weighted by Gasteiger charge is 2.13. The van der Waals surface area contributed by atoms with Crippen LogP contribution >= 0.6 is 0 Å². The molecule has 0 saturated carbocycles. The standard InChI is InChI=1S/C24H20N4/c25-21(12-16-6-2-1-3-7-16)24-27-22-11-10-17(13-23(22)28-24)20-15-26-14-18-8-4-5-9-19(18)20/h1-11,13-15,21H,12,25H2,(H,27,28). The lowest BCUT2D eigenvalue weighted by Gasteiger charge is -2.08. The quantitative estimate of drug-likeness (QED) is 0.470. The van der Waals surface area contributed by atoms with Crippen LogP contribution in [0, 0.1) is 0 Å². The monoisotopic (exact) mass is 364 g/mol. The summed E-state index contributed by atoms with van der Waals surface area (Å²) in [5.41, 5.74) is 11.8. The number of hydrogen-bond acceptors (Lipinski definition) is 3. The van der Waals surface area contributed by atoms with Gasteiger partial charge in [-0.05, 0) is 35.1 Å². The number of nitrogens with one attached hydrogen (secondary N) is 1. The molecule has 5 aromatic rings. The van der Waals surface area contributed by atoms with Gasteiger partial charge in [0.05, 0.1) is 17.1 Å². The van der Waals surface area contributed by atoms with Crippen LogP contribution in [-0.2, 0) is 6.42 Å². The van der Waals surface area contributed by atoms with Crippen molar-refractivity contribution < 1.29 is 0 Å². The van der Waals surface area contributed by atoms with Gasteiger partial charge >= 0.3 is 0 Å². The molecule has 0 radical (unpaired) electrons. The molecule has 4 nitrogen and oxygen atoms in total. The van der Waals surface area contributed by atoms with Crippen molar-refractivity contribution >= 4 is 21.8 Å². The zero-order valence-corrected chi connectivity index (χ0v) is 15.3. The van der Waals surface area contributed by atoms with Crippen molar-refractivity contribution in [3.63, 3.8) is 0 Å². The molecule has 0 fully saturated rings. The van der Waals surface area contributed by atoms with Crippen LogP contribution in [0.2, 0.25) is 0 Å². The van der Waals surface area contributed by atoms with Crippen LogP contribution in [0.3, 0.4) is 0 Å². The molecule has 1 atom stereocenters. The molecule has 3 aromatic carbocycles. The van der Waals surface area contributed by atoms with E-state index in [1.54, 1.807) is 0 Å². The van der Waals surface area contributed by atoms with E-state index in [0.29, 0.717) is 0 Å². The Morgan fingerprint density at radius 3 is 2.61 bits per heavy atom. The van der Waals surface area contributed by atoms with Crippen molar-refractivity contribution in [2.24, 2.45) is 5.73 Å². The molecule has 0 aliphatic rings. The number of benzene rings is 3. The van der Waals surface area contributed by atoms with Crippen LogP contribution < -0.4 is 5.73 Å². The second-order valence-corrected chi connectivity index (χ2v) is 7.06. The molecule has 0 aliphatic heterocycles. The Hall–Kier alpha value is -3.50. The summed E-state index contributed by atoms with van der Waals surface area (Å²) in [5.74, 6) is 0.812. The van der Waals surface area contributed by atoms with Crippen LogP contribution in [0.25, 0.3) is 32.9 Å². The SMILES string of the molecule is NC(Cc1ccccc1)c1nc2ccc(-c3cncc4ccccc34)cc2[nH]1. The first-order valence-corrected chi connectivity index (χ1v) is 9.40. The van der Waals surface area contributed by atoms with Crippen LogP contribution in [0.4, 0.5) is 0 Å². The third-order valence-corrected chi connectivity index (χ3v) is 5.13. The topological polar surface area (TPSA) is 67.6 Å². The number of aromatic nitrogens is 3. The first-order chi connectivity index (χ1) is 13.8. The normalized spacial score (nSPS) is 12.5. The molecular weight excluding hydrogens is 344 g/mol. The molecule has 0 spiro atoms. The molecule has 2 aromatic heterocycles. The van der Waals surface area contributed by atoms with E-state index < -0.39 is 0 Å². The number of nitrogens with two attached hydrogens (primary N) is 1. The van der Waals surface area contributed by atoms with Crippen molar-refractivity contribution in [2.45, 2.75) is 12.5 Å². The fourth-order valence-corrected chi connectivity index (χ4v) is 3.68.